The minimum atomic E-state index is -3.31. The maximum Gasteiger partial charge on any atom is 0.264 e. The van der Waals surface area contributed by atoms with Crippen molar-refractivity contribution in [1.82, 2.24) is 0 Å². The Morgan fingerprint density at radius 3 is 2.06 bits per heavy atom. The lowest BCUT2D eigenvalue weighted by Gasteiger charge is -2.19. The van der Waals surface area contributed by atoms with Gasteiger partial charge in [0.1, 0.15) is 0 Å². The first-order valence-electron chi connectivity index (χ1n) is 6.12. The molecule has 0 aliphatic rings. The van der Waals surface area contributed by atoms with E-state index in [1.165, 1.54) is 12.8 Å². The summed E-state index contributed by atoms with van der Waals surface area (Å²) in [7, 11) is -3.31. The van der Waals surface area contributed by atoms with E-state index < -0.39 is 10.1 Å². The highest BCUT2D eigenvalue weighted by Gasteiger charge is 2.15. The number of hydrogen-bond acceptors (Lipinski definition) is 3. The molecule has 4 heteroatoms. The monoisotopic (exact) mass is 250 g/mol. The van der Waals surface area contributed by atoms with E-state index in [1.54, 1.807) is 0 Å². The van der Waals surface area contributed by atoms with E-state index in [2.05, 4.69) is 20.8 Å². The van der Waals surface area contributed by atoms with Gasteiger partial charge in [-0.05, 0) is 31.6 Å². The molecule has 0 N–H and O–H groups in total. The molecular formula is C12H26O3S. The van der Waals surface area contributed by atoms with E-state index >= 15 is 0 Å². The van der Waals surface area contributed by atoms with Crippen LogP contribution >= 0.6 is 0 Å². The van der Waals surface area contributed by atoms with Crippen LogP contribution in [0.25, 0.3) is 0 Å². The van der Waals surface area contributed by atoms with Gasteiger partial charge in [0, 0.05) is 0 Å². The van der Waals surface area contributed by atoms with E-state index in [-0.39, 0.29) is 6.10 Å². The van der Waals surface area contributed by atoms with E-state index in [9.17, 15) is 8.42 Å². The van der Waals surface area contributed by atoms with Crippen LogP contribution in [0.5, 0.6) is 0 Å². The van der Waals surface area contributed by atoms with Gasteiger partial charge in [-0.25, -0.2) is 0 Å². The van der Waals surface area contributed by atoms with E-state index in [0.29, 0.717) is 11.8 Å². The third kappa shape index (κ3) is 9.16. The average molecular weight is 250 g/mol. The molecule has 0 amide bonds. The molecule has 0 heterocycles. The molecule has 0 aliphatic carbocycles. The van der Waals surface area contributed by atoms with Crippen LogP contribution in [0.1, 0.15) is 53.4 Å². The van der Waals surface area contributed by atoms with Crippen molar-refractivity contribution in [1.29, 1.82) is 0 Å². The Morgan fingerprint density at radius 1 is 1.06 bits per heavy atom. The summed E-state index contributed by atoms with van der Waals surface area (Å²) in [5.41, 5.74) is 0. The van der Waals surface area contributed by atoms with Gasteiger partial charge in [0.15, 0.2) is 0 Å². The first-order valence-corrected chi connectivity index (χ1v) is 7.94. The summed E-state index contributed by atoms with van der Waals surface area (Å²) in [5, 5.41) is 0. The highest BCUT2D eigenvalue weighted by Crippen LogP contribution is 2.21. The molecule has 0 saturated heterocycles. The van der Waals surface area contributed by atoms with Gasteiger partial charge in [0.2, 0.25) is 0 Å². The summed E-state index contributed by atoms with van der Waals surface area (Å²) in [5.74, 6) is 1.23. The SMILES string of the molecule is CCC[C@H](C)C[C@H](C)C[C@@H](C)OS(C)(=O)=O. The molecule has 0 fully saturated rings. The smallest absolute Gasteiger partial charge is 0.264 e. The lowest BCUT2D eigenvalue weighted by atomic mass is 9.90. The van der Waals surface area contributed by atoms with Crippen LogP contribution in [0, 0.1) is 11.8 Å². The van der Waals surface area contributed by atoms with Gasteiger partial charge < -0.3 is 0 Å². The standard InChI is InChI=1S/C12H26O3S/c1-6-7-10(2)8-11(3)9-12(4)15-16(5,13)14/h10-12H,6-9H2,1-5H3/t10-,11-,12+/m0/s1. The van der Waals surface area contributed by atoms with Gasteiger partial charge in [-0.15, -0.1) is 0 Å². The Morgan fingerprint density at radius 2 is 1.62 bits per heavy atom. The molecule has 0 bridgehead atoms. The van der Waals surface area contributed by atoms with Crippen molar-refractivity contribution >= 4 is 10.1 Å². The average Bonchev–Trinajstić information content (AvgIpc) is 1.98. The second kappa shape index (κ2) is 7.28. The van der Waals surface area contributed by atoms with E-state index in [0.717, 1.165) is 19.1 Å². The normalized spacial score (nSPS) is 18.1. The predicted octanol–water partition coefficient (Wildman–Crippen LogP) is 3.20. The Balaban J connectivity index is 3.91. The zero-order valence-electron chi connectivity index (χ0n) is 11.2. The number of rotatable bonds is 8. The van der Waals surface area contributed by atoms with Crippen LogP contribution in [0.2, 0.25) is 0 Å². The van der Waals surface area contributed by atoms with E-state index in [4.69, 9.17) is 4.18 Å². The van der Waals surface area contributed by atoms with E-state index in [1.807, 2.05) is 6.92 Å². The van der Waals surface area contributed by atoms with Crippen molar-refractivity contribution in [2.75, 3.05) is 6.26 Å². The lowest BCUT2D eigenvalue weighted by Crippen LogP contribution is -2.18. The summed E-state index contributed by atoms with van der Waals surface area (Å²) >= 11 is 0. The molecule has 16 heavy (non-hydrogen) atoms. The van der Waals surface area contributed by atoms with Crippen molar-refractivity contribution in [3.05, 3.63) is 0 Å². The third-order valence-electron chi connectivity index (χ3n) is 2.66. The molecule has 0 unspecified atom stereocenters. The summed E-state index contributed by atoms with van der Waals surface area (Å²) in [6.45, 7) is 8.43. The van der Waals surface area contributed by atoms with Crippen LogP contribution in [0.4, 0.5) is 0 Å². The largest absolute Gasteiger partial charge is 0.267 e. The third-order valence-corrected chi connectivity index (χ3v) is 3.34. The highest BCUT2D eigenvalue weighted by molar-refractivity contribution is 7.86. The number of hydrogen-bond donors (Lipinski definition) is 0. The molecule has 0 spiro atoms. The molecule has 3 atom stereocenters. The Bertz CT molecular complexity index is 272. The molecular weight excluding hydrogens is 224 g/mol. The molecule has 0 radical (unpaired) electrons. The Hall–Kier alpha value is -0.0900. The predicted molar refractivity (Wildman–Crippen MR) is 67.9 cm³/mol. The molecule has 3 nitrogen and oxygen atoms in total. The van der Waals surface area contributed by atoms with Gasteiger partial charge in [0.25, 0.3) is 10.1 Å². The van der Waals surface area contributed by atoms with Crippen LogP contribution in [-0.4, -0.2) is 20.8 Å². The van der Waals surface area contributed by atoms with Crippen LogP contribution in [-0.2, 0) is 14.3 Å². The molecule has 0 aromatic rings. The summed E-state index contributed by atoms with van der Waals surface area (Å²) in [4.78, 5) is 0. The van der Waals surface area contributed by atoms with Crippen molar-refractivity contribution in [2.24, 2.45) is 11.8 Å². The van der Waals surface area contributed by atoms with Gasteiger partial charge >= 0.3 is 0 Å². The van der Waals surface area contributed by atoms with Crippen molar-refractivity contribution in [2.45, 2.75) is 59.5 Å². The summed E-state index contributed by atoms with van der Waals surface area (Å²) < 4.78 is 26.8. The van der Waals surface area contributed by atoms with Gasteiger partial charge in [-0.1, -0.05) is 33.6 Å². The van der Waals surface area contributed by atoms with Crippen molar-refractivity contribution in [3.63, 3.8) is 0 Å². The first-order chi connectivity index (χ1) is 7.24. The minimum absolute atomic E-state index is 0.209. The first kappa shape index (κ1) is 15.9. The maximum atomic E-state index is 10.9. The summed E-state index contributed by atoms with van der Waals surface area (Å²) in [6.07, 6.45) is 5.30. The minimum Gasteiger partial charge on any atom is -0.267 e. The maximum absolute atomic E-state index is 10.9. The van der Waals surface area contributed by atoms with Gasteiger partial charge in [0.05, 0.1) is 12.4 Å². The molecule has 0 aromatic heterocycles. The fraction of sp³-hybridized carbons (Fsp3) is 1.00. The second-order valence-electron chi connectivity index (χ2n) is 5.08. The second-order valence-corrected chi connectivity index (χ2v) is 6.68. The van der Waals surface area contributed by atoms with Crippen LogP contribution < -0.4 is 0 Å². The quantitative estimate of drug-likeness (QED) is 0.621. The van der Waals surface area contributed by atoms with Gasteiger partial charge in [-0.2, -0.15) is 8.42 Å². The fourth-order valence-electron chi connectivity index (χ4n) is 2.30. The topological polar surface area (TPSA) is 43.4 Å². The molecule has 0 rings (SSSR count). The Labute approximate surface area is 101 Å². The zero-order valence-corrected chi connectivity index (χ0v) is 12.0. The molecule has 98 valence electrons. The molecule has 0 aliphatic heterocycles. The van der Waals surface area contributed by atoms with Crippen molar-refractivity contribution in [3.8, 4) is 0 Å². The molecule has 0 aromatic carbocycles. The summed E-state index contributed by atoms with van der Waals surface area (Å²) in [6, 6.07) is 0. The fourth-order valence-corrected chi connectivity index (χ4v) is 2.97. The van der Waals surface area contributed by atoms with Crippen LogP contribution in [0.3, 0.4) is 0 Å². The van der Waals surface area contributed by atoms with Crippen LogP contribution in [0.15, 0.2) is 0 Å². The van der Waals surface area contributed by atoms with Crippen molar-refractivity contribution < 1.29 is 12.6 Å². The molecule has 0 saturated carbocycles. The zero-order chi connectivity index (χ0) is 12.8. The Kier molecular flexibility index (Phi) is 7.24. The lowest BCUT2D eigenvalue weighted by molar-refractivity contribution is 0.188. The van der Waals surface area contributed by atoms with Gasteiger partial charge in [-0.3, -0.25) is 4.18 Å². The highest BCUT2D eigenvalue weighted by atomic mass is 32.2.